The van der Waals surface area contributed by atoms with Crippen LogP contribution in [0.4, 0.5) is 14.6 Å². The number of rotatable bonds is 1. The van der Waals surface area contributed by atoms with Gasteiger partial charge < -0.3 is 15.2 Å². The van der Waals surface area contributed by atoms with Gasteiger partial charge in [0, 0.05) is 29.3 Å². The number of hydrogen-bond acceptors (Lipinski definition) is 6. The molecule has 0 atom stereocenters. The van der Waals surface area contributed by atoms with Gasteiger partial charge in [-0.2, -0.15) is 10.2 Å². The minimum atomic E-state index is -0.458. The van der Waals surface area contributed by atoms with Gasteiger partial charge in [-0.05, 0) is 24.3 Å². The maximum Gasteiger partial charge on any atom is 0.166 e. The van der Waals surface area contributed by atoms with E-state index in [0.717, 1.165) is 23.0 Å². The van der Waals surface area contributed by atoms with E-state index in [1.807, 2.05) is 4.68 Å². The van der Waals surface area contributed by atoms with E-state index in [9.17, 15) is 8.78 Å². The van der Waals surface area contributed by atoms with Gasteiger partial charge in [-0.25, -0.2) is 18.4 Å². The Morgan fingerprint density at radius 1 is 1.03 bits per heavy atom. The summed E-state index contributed by atoms with van der Waals surface area (Å²) >= 11 is 0. The highest BCUT2D eigenvalue weighted by atomic mass is 19.1. The second kappa shape index (κ2) is 7.13. The number of benzene rings is 1. The molecule has 0 radical (unpaired) electrons. The lowest BCUT2D eigenvalue weighted by atomic mass is 10.0. The largest absolute Gasteiger partial charge is 0.485 e. The number of nitrogens with zero attached hydrogens (tertiary/aromatic N) is 5. The zero-order chi connectivity index (χ0) is 21.8. The number of nitrogen functional groups attached to an aromatic ring is 1. The number of halogens is 2. The molecule has 1 aromatic carbocycles. The van der Waals surface area contributed by atoms with Gasteiger partial charge in [-0.1, -0.05) is 0 Å². The molecule has 5 heterocycles. The third-order valence-electron chi connectivity index (χ3n) is 5.82. The molecule has 10 heteroatoms. The fourth-order valence-electron chi connectivity index (χ4n) is 4.12. The summed E-state index contributed by atoms with van der Waals surface area (Å²) < 4.78 is 43.6. The molecule has 0 aliphatic carbocycles. The molecule has 3 aromatic heterocycles. The van der Waals surface area contributed by atoms with Crippen LogP contribution in [0, 0.1) is 11.6 Å². The average Bonchev–Trinajstić information content (AvgIpc) is 3.30. The van der Waals surface area contributed by atoms with Crippen molar-refractivity contribution >= 4 is 5.82 Å². The topological polar surface area (TPSA) is 93.0 Å². The van der Waals surface area contributed by atoms with Crippen molar-refractivity contribution in [2.75, 3.05) is 18.9 Å². The number of aromatic nitrogens is 5. The van der Waals surface area contributed by atoms with Crippen LogP contribution in [0.2, 0.25) is 0 Å². The number of pyridine rings is 1. The van der Waals surface area contributed by atoms with Gasteiger partial charge in [0.1, 0.15) is 12.4 Å². The Labute approximate surface area is 181 Å². The molecule has 6 rings (SSSR count). The molecule has 0 saturated carbocycles. The van der Waals surface area contributed by atoms with E-state index in [-0.39, 0.29) is 24.9 Å². The normalized spacial score (nSPS) is 15.4. The molecule has 2 N–H and O–H groups in total. The van der Waals surface area contributed by atoms with Crippen molar-refractivity contribution in [2.24, 2.45) is 0 Å². The zero-order valence-corrected chi connectivity index (χ0v) is 16.8. The van der Waals surface area contributed by atoms with Gasteiger partial charge in [0.15, 0.2) is 17.4 Å². The van der Waals surface area contributed by atoms with Gasteiger partial charge in [0.25, 0.3) is 0 Å². The summed E-state index contributed by atoms with van der Waals surface area (Å²) in [4.78, 5) is 4.29. The van der Waals surface area contributed by atoms with E-state index in [1.165, 1.54) is 16.8 Å². The molecule has 162 valence electrons. The van der Waals surface area contributed by atoms with Gasteiger partial charge in [0.05, 0.1) is 48.7 Å². The Hall–Kier alpha value is -3.79. The predicted molar refractivity (Wildman–Crippen MR) is 110 cm³/mol. The van der Waals surface area contributed by atoms with Gasteiger partial charge in [0.2, 0.25) is 0 Å². The van der Waals surface area contributed by atoms with Crippen molar-refractivity contribution in [1.82, 2.24) is 24.5 Å². The zero-order valence-electron chi connectivity index (χ0n) is 16.8. The van der Waals surface area contributed by atoms with E-state index < -0.39 is 11.6 Å². The molecule has 0 spiro atoms. The van der Waals surface area contributed by atoms with E-state index in [2.05, 4.69) is 15.2 Å². The van der Waals surface area contributed by atoms with Crippen molar-refractivity contribution in [3.63, 3.8) is 0 Å². The van der Waals surface area contributed by atoms with E-state index in [4.69, 9.17) is 15.2 Å². The van der Waals surface area contributed by atoms with Crippen molar-refractivity contribution in [3.05, 3.63) is 71.3 Å². The minimum absolute atomic E-state index is 0.00588. The van der Waals surface area contributed by atoms with Crippen LogP contribution in [0.1, 0.15) is 22.9 Å². The van der Waals surface area contributed by atoms with E-state index >= 15 is 0 Å². The Balaban J connectivity index is 1.60. The molecule has 2 aliphatic rings. The van der Waals surface area contributed by atoms with E-state index in [0.29, 0.717) is 35.9 Å². The highest BCUT2D eigenvalue weighted by Gasteiger charge is 2.28. The summed E-state index contributed by atoms with van der Waals surface area (Å²) in [6, 6.07) is 6.08. The number of fused-ring (bicyclic) bond motifs is 7. The van der Waals surface area contributed by atoms with Crippen molar-refractivity contribution in [2.45, 2.75) is 19.1 Å². The number of nitrogens with two attached hydrogens (primary N) is 1. The average molecular weight is 436 g/mol. The lowest BCUT2D eigenvalue weighted by Crippen LogP contribution is -2.31. The summed E-state index contributed by atoms with van der Waals surface area (Å²) in [6.07, 6.45) is 4.75. The molecule has 0 amide bonds. The Bertz CT molecular complexity index is 1340. The molecule has 1 saturated heterocycles. The first-order valence-corrected chi connectivity index (χ1v) is 10.1. The molecule has 2 bridgehead atoms. The minimum Gasteiger partial charge on any atom is -0.485 e. The highest BCUT2D eigenvalue weighted by Crippen LogP contribution is 2.35. The van der Waals surface area contributed by atoms with Crippen molar-refractivity contribution in [1.29, 1.82) is 0 Å². The Morgan fingerprint density at radius 2 is 1.91 bits per heavy atom. The molecular weight excluding hydrogens is 418 g/mol. The molecule has 8 nitrogen and oxygen atoms in total. The highest BCUT2D eigenvalue weighted by molar-refractivity contribution is 5.68. The number of anilines is 1. The SMILES string of the molecule is Nc1ncc2cc1OCc1cc(F)ccc1-n1ncc(F)c1Cc1cnn(C3COC3)c1-2. The van der Waals surface area contributed by atoms with Crippen LogP contribution >= 0.6 is 0 Å². The van der Waals surface area contributed by atoms with Crippen LogP contribution < -0.4 is 10.5 Å². The van der Waals surface area contributed by atoms with Gasteiger partial charge >= 0.3 is 0 Å². The summed E-state index contributed by atoms with van der Waals surface area (Å²) in [7, 11) is 0. The van der Waals surface area contributed by atoms with Crippen LogP contribution in [0.5, 0.6) is 5.75 Å². The monoisotopic (exact) mass is 436 g/mol. The second-order valence-electron chi connectivity index (χ2n) is 7.85. The fraction of sp³-hybridized carbons (Fsp3) is 0.227. The van der Waals surface area contributed by atoms with Gasteiger partial charge in [-0.15, -0.1) is 0 Å². The van der Waals surface area contributed by atoms with Crippen molar-refractivity contribution < 1.29 is 18.3 Å². The number of ether oxygens (including phenoxy) is 2. The molecule has 32 heavy (non-hydrogen) atoms. The lowest BCUT2D eigenvalue weighted by molar-refractivity contribution is -0.0278. The number of hydrogen-bond donors (Lipinski definition) is 1. The second-order valence-corrected chi connectivity index (χ2v) is 7.85. The first-order valence-electron chi connectivity index (χ1n) is 10.1. The first-order chi connectivity index (χ1) is 15.6. The summed E-state index contributed by atoms with van der Waals surface area (Å²) in [5.41, 5.74) is 9.74. The Morgan fingerprint density at radius 3 is 2.72 bits per heavy atom. The van der Waals surface area contributed by atoms with Crippen LogP contribution in [-0.4, -0.2) is 37.8 Å². The molecule has 1 fully saturated rings. The van der Waals surface area contributed by atoms with Crippen LogP contribution in [0.3, 0.4) is 0 Å². The standard InChI is InChI=1S/C22H18F2N6O2/c23-15-1-2-18-14(3-15)9-32-20-5-13(6-26-22(20)25)21-12(4-19-17(24)8-28-30(18)19)7-27-29(21)16-10-31-11-16/h1-3,5-8,16H,4,9-11H2,(H2,25,26). The Kier molecular flexibility index (Phi) is 4.22. The molecule has 2 aliphatic heterocycles. The quantitative estimate of drug-likeness (QED) is 0.493. The van der Waals surface area contributed by atoms with Gasteiger partial charge in [-0.3, -0.25) is 4.68 Å². The summed E-state index contributed by atoms with van der Waals surface area (Å²) in [5.74, 6) is -0.303. The molecule has 0 unspecified atom stereocenters. The summed E-state index contributed by atoms with van der Waals surface area (Å²) in [6.45, 7) is 1.10. The predicted octanol–water partition coefficient (Wildman–Crippen LogP) is 3.05. The van der Waals surface area contributed by atoms with E-state index in [1.54, 1.807) is 24.5 Å². The maximum atomic E-state index is 14.9. The third kappa shape index (κ3) is 2.94. The maximum absolute atomic E-state index is 14.9. The van der Waals surface area contributed by atoms with Crippen LogP contribution in [-0.2, 0) is 17.8 Å². The molecule has 4 aromatic rings. The van der Waals surface area contributed by atoms with Crippen LogP contribution in [0.15, 0.2) is 42.9 Å². The molecular formula is C22H18F2N6O2. The first kappa shape index (κ1) is 18.9. The summed E-state index contributed by atoms with van der Waals surface area (Å²) in [5, 5.41) is 8.79. The van der Waals surface area contributed by atoms with Crippen LogP contribution in [0.25, 0.3) is 16.9 Å². The third-order valence-corrected chi connectivity index (χ3v) is 5.82. The fourth-order valence-corrected chi connectivity index (χ4v) is 4.12. The lowest BCUT2D eigenvalue weighted by Gasteiger charge is -2.28. The van der Waals surface area contributed by atoms with Crippen molar-refractivity contribution in [3.8, 4) is 22.7 Å². The smallest absolute Gasteiger partial charge is 0.166 e.